The first kappa shape index (κ1) is 23.2. The monoisotopic (exact) mass is 477 g/mol. The third-order valence-electron chi connectivity index (χ3n) is 8.20. The van der Waals surface area contributed by atoms with Crippen LogP contribution in [0.25, 0.3) is 0 Å². The number of imide groups is 1. The number of nitrogens with zero attached hydrogens (tertiary/aromatic N) is 3. The highest BCUT2D eigenvalue weighted by Crippen LogP contribution is 2.58. The maximum Gasteiger partial charge on any atom is 0.407 e. The molecule has 2 saturated carbocycles. The molecule has 2 aliphatic carbocycles. The molecule has 1 aliphatic heterocycles. The van der Waals surface area contributed by atoms with Crippen LogP contribution < -0.4 is 4.74 Å². The van der Waals surface area contributed by atoms with Gasteiger partial charge in [-0.25, -0.2) is 9.59 Å². The maximum atomic E-state index is 13.9. The van der Waals surface area contributed by atoms with E-state index in [2.05, 4.69) is 0 Å². The van der Waals surface area contributed by atoms with Gasteiger partial charge in [-0.1, -0.05) is 48.9 Å². The number of benzene rings is 2. The van der Waals surface area contributed by atoms with Gasteiger partial charge in [-0.2, -0.15) is 0 Å². The Balaban J connectivity index is 1.48. The zero-order chi connectivity index (χ0) is 24.8. The number of methoxy groups -OCH3 is 1. The first-order valence-corrected chi connectivity index (χ1v) is 12.1. The Labute approximate surface area is 205 Å². The summed E-state index contributed by atoms with van der Waals surface area (Å²) in [5.74, 6) is 0.857. The molecule has 2 aromatic rings. The summed E-state index contributed by atoms with van der Waals surface area (Å²) in [6.07, 6.45) is 2.68. The van der Waals surface area contributed by atoms with Crippen molar-refractivity contribution in [2.75, 3.05) is 20.7 Å². The van der Waals surface area contributed by atoms with E-state index in [1.165, 1.54) is 9.80 Å². The molecular weight excluding hydrogens is 446 g/mol. The normalized spacial score (nSPS) is 26.0. The van der Waals surface area contributed by atoms with Crippen molar-refractivity contribution in [3.63, 3.8) is 0 Å². The number of hydrogen-bond donors (Lipinski definition) is 1. The van der Waals surface area contributed by atoms with Crippen LogP contribution in [0.3, 0.4) is 0 Å². The molecule has 1 heterocycles. The summed E-state index contributed by atoms with van der Waals surface area (Å²) in [5, 5.41) is 9.88. The van der Waals surface area contributed by atoms with Gasteiger partial charge in [0.2, 0.25) is 0 Å². The van der Waals surface area contributed by atoms with Crippen LogP contribution in [0.1, 0.15) is 43.2 Å². The largest absolute Gasteiger partial charge is 0.497 e. The molecule has 35 heavy (non-hydrogen) atoms. The van der Waals surface area contributed by atoms with Gasteiger partial charge < -0.3 is 19.6 Å². The van der Waals surface area contributed by atoms with Crippen LogP contribution in [-0.4, -0.2) is 64.1 Å². The number of urea groups is 1. The quantitative estimate of drug-likeness (QED) is 0.601. The number of amides is 4. The summed E-state index contributed by atoms with van der Waals surface area (Å²) in [7, 11) is 3.14. The van der Waals surface area contributed by atoms with Crippen LogP contribution >= 0.6 is 0 Å². The van der Waals surface area contributed by atoms with Crippen molar-refractivity contribution < 1.29 is 24.2 Å². The predicted molar refractivity (Wildman–Crippen MR) is 129 cm³/mol. The van der Waals surface area contributed by atoms with Gasteiger partial charge in [0.05, 0.1) is 19.2 Å². The number of rotatable bonds is 7. The summed E-state index contributed by atoms with van der Waals surface area (Å²) in [5.41, 5.74) is -0.215. The van der Waals surface area contributed by atoms with Crippen molar-refractivity contribution in [1.82, 2.24) is 14.7 Å². The van der Waals surface area contributed by atoms with E-state index < -0.39 is 17.2 Å². The molecule has 0 bridgehead atoms. The second kappa shape index (κ2) is 8.59. The zero-order valence-corrected chi connectivity index (χ0v) is 20.1. The maximum absolute atomic E-state index is 13.9. The molecule has 3 fully saturated rings. The average molecular weight is 478 g/mol. The number of ether oxygens (including phenoxy) is 1. The molecule has 4 amide bonds. The minimum atomic E-state index is -1.05. The van der Waals surface area contributed by atoms with E-state index in [0.717, 1.165) is 30.4 Å². The van der Waals surface area contributed by atoms with Gasteiger partial charge in [0.1, 0.15) is 11.3 Å². The van der Waals surface area contributed by atoms with Crippen LogP contribution in [0.5, 0.6) is 5.75 Å². The molecule has 0 atom stereocenters. The fraction of sp³-hybridized carbons (Fsp3) is 0.444. The van der Waals surface area contributed by atoms with Gasteiger partial charge >= 0.3 is 12.1 Å². The molecule has 2 aromatic carbocycles. The van der Waals surface area contributed by atoms with E-state index in [4.69, 9.17) is 4.74 Å². The Morgan fingerprint density at radius 2 is 1.74 bits per heavy atom. The second-order valence-corrected chi connectivity index (χ2v) is 10.1. The summed E-state index contributed by atoms with van der Waals surface area (Å²) in [6, 6.07) is 16.5. The van der Waals surface area contributed by atoms with Crippen LogP contribution in [0.15, 0.2) is 54.6 Å². The van der Waals surface area contributed by atoms with Gasteiger partial charge in [0.25, 0.3) is 5.91 Å². The summed E-state index contributed by atoms with van der Waals surface area (Å²) < 4.78 is 5.22. The minimum absolute atomic E-state index is 0.178. The summed E-state index contributed by atoms with van der Waals surface area (Å²) in [4.78, 5) is 44.1. The van der Waals surface area contributed by atoms with Crippen LogP contribution in [-0.2, 0) is 16.9 Å². The number of carbonyl (C=O) groups excluding carboxylic acids is 2. The topological polar surface area (TPSA) is 90.4 Å². The Kier molecular flexibility index (Phi) is 5.69. The number of carbonyl (C=O) groups is 3. The molecule has 1 N–H and O–H groups in total. The van der Waals surface area contributed by atoms with Gasteiger partial charge in [-0.15, -0.1) is 0 Å². The Morgan fingerprint density at radius 3 is 2.29 bits per heavy atom. The van der Waals surface area contributed by atoms with Gasteiger partial charge in [0.15, 0.2) is 0 Å². The van der Waals surface area contributed by atoms with Crippen LogP contribution in [0.4, 0.5) is 9.59 Å². The van der Waals surface area contributed by atoms with E-state index in [1.807, 2.05) is 54.6 Å². The fourth-order valence-electron chi connectivity index (χ4n) is 5.85. The highest BCUT2D eigenvalue weighted by Gasteiger charge is 2.70. The first-order chi connectivity index (χ1) is 16.8. The van der Waals surface area contributed by atoms with Crippen molar-refractivity contribution >= 4 is 18.0 Å². The molecule has 184 valence electrons. The predicted octanol–water partition coefficient (Wildman–Crippen LogP) is 4.30. The lowest BCUT2D eigenvalue weighted by atomic mass is 9.58. The SMILES string of the molecule is COc1ccc(CN2C(=O)N(CC3CCC3)C3(CC(c4ccccc4)(N(C)C(=O)O)C3)C2=O)cc1. The first-order valence-electron chi connectivity index (χ1n) is 12.1. The highest BCUT2D eigenvalue weighted by molar-refractivity contribution is 6.08. The molecule has 3 aliphatic rings. The molecule has 1 saturated heterocycles. The average Bonchev–Trinajstić information content (AvgIpc) is 3.01. The van der Waals surface area contributed by atoms with Gasteiger partial charge in [-0.05, 0) is 42.0 Å². The number of hydrogen-bond acceptors (Lipinski definition) is 4. The molecule has 0 radical (unpaired) electrons. The molecule has 8 heteroatoms. The smallest absolute Gasteiger partial charge is 0.407 e. The lowest BCUT2D eigenvalue weighted by Crippen LogP contribution is -2.70. The lowest BCUT2D eigenvalue weighted by Gasteiger charge is -2.59. The fourth-order valence-corrected chi connectivity index (χ4v) is 5.85. The van der Waals surface area contributed by atoms with Crippen molar-refractivity contribution in [2.24, 2.45) is 5.92 Å². The Morgan fingerprint density at radius 1 is 1.09 bits per heavy atom. The van der Waals surface area contributed by atoms with Crippen LogP contribution in [0, 0.1) is 5.92 Å². The molecule has 1 spiro atoms. The van der Waals surface area contributed by atoms with Gasteiger partial charge in [-0.3, -0.25) is 9.69 Å². The lowest BCUT2D eigenvalue weighted by molar-refractivity contribution is -0.149. The Bertz CT molecular complexity index is 1120. The van der Waals surface area contributed by atoms with E-state index in [9.17, 15) is 19.5 Å². The highest BCUT2D eigenvalue weighted by atomic mass is 16.5. The van der Waals surface area contributed by atoms with Crippen LogP contribution in [0.2, 0.25) is 0 Å². The Hall–Kier alpha value is -3.55. The molecule has 8 nitrogen and oxygen atoms in total. The van der Waals surface area contributed by atoms with Crippen molar-refractivity contribution in [2.45, 2.75) is 49.7 Å². The van der Waals surface area contributed by atoms with E-state index in [1.54, 1.807) is 19.1 Å². The zero-order valence-electron chi connectivity index (χ0n) is 20.1. The molecule has 0 unspecified atom stereocenters. The van der Waals surface area contributed by atoms with Crippen molar-refractivity contribution in [3.05, 3.63) is 65.7 Å². The van der Waals surface area contributed by atoms with E-state index >= 15 is 0 Å². The standard InChI is InChI=1S/C27H31N3O5/c1-28(25(33)34)26(21-9-4-3-5-10-21)17-27(18-26)23(31)29(15-20-11-13-22(35-2)14-12-20)24(32)30(27)16-19-7-6-8-19/h3-5,9-14,19H,6-8,15-18H2,1-2H3,(H,33,34). The second-order valence-electron chi connectivity index (χ2n) is 10.1. The molecular formula is C27H31N3O5. The molecule has 5 rings (SSSR count). The third kappa shape index (κ3) is 3.63. The number of carboxylic acid groups (broad SMARTS) is 1. The third-order valence-corrected chi connectivity index (χ3v) is 8.20. The summed E-state index contributed by atoms with van der Waals surface area (Å²) >= 11 is 0. The van der Waals surface area contributed by atoms with Crippen molar-refractivity contribution in [1.29, 1.82) is 0 Å². The van der Waals surface area contributed by atoms with Crippen molar-refractivity contribution in [3.8, 4) is 5.75 Å². The summed E-state index contributed by atoms with van der Waals surface area (Å²) in [6.45, 7) is 0.711. The van der Waals surface area contributed by atoms with Gasteiger partial charge in [0, 0.05) is 26.4 Å². The van der Waals surface area contributed by atoms with E-state index in [-0.39, 0.29) is 31.3 Å². The minimum Gasteiger partial charge on any atom is -0.497 e. The van der Waals surface area contributed by atoms with E-state index in [0.29, 0.717) is 18.2 Å². The molecule has 0 aromatic heterocycles.